The maximum Gasteiger partial charge on any atom is 0.243 e. The molecule has 0 aliphatic carbocycles. The first-order chi connectivity index (χ1) is 11.4. The van der Waals surface area contributed by atoms with Gasteiger partial charge >= 0.3 is 0 Å². The van der Waals surface area contributed by atoms with E-state index in [0.29, 0.717) is 6.07 Å². The molecule has 1 aliphatic heterocycles. The van der Waals surface area contributed by atoms with Gasteiger partial charge in [0.1, 0.15) is 0 Å². The van der Waals surface area contributed by atoms with Crippen LogP contribution in [0.2, 0.25) is 0 Å². The van der Waals surface area contributed by atoms with Crippen LogP contribution in [-0.4, -0.2) is 61.2 Å². The standard InChI is InChI=1S/C14H15F2N3O3S2/c15-12-2-1-11(9-13(12)16)24(21,22)19-6-4-18(5-7-19)14(20)10-23-8-3-17/h1-2,9H,4-8,10H2. The Morgan fingerprint density at radius 1 is 1.21 bits per heavy atom. The van der Waals surface area contributed by atoms with Crippen LogP contribution >= 0.6 is 11.8 Å². The Balaban J connectivity index is 1.99. The number of carbonyl (C=O) groups is 1. The van der Waals surface area contributed by atoms with Crippen molar-refractivity contribution in [3.05, 3.63) is 29.8 Å². The fourth-order valence-electron chi connectivity index (χ4n) is 2.24. The lowest BCUT2D eigenvalue weighted by Gasteiger charge is -2.34. The Labute approximate surface area is 143 Å². The molecule has 1 aromatic rings. The van der Waals surface area contributed by atoms with Crippen molar-refractivity contribution >= 4 is 27.7 Å². The van der Waals surface area contributed by atoms with E-state index in [4.69, 9.17) is 5.26 Å². The largest absolute Gasteiger partial charge is 0.339 e. The van der Waals surface area contributed by atoms with E-state index in [0.717, 1.165) is 16.4 Å². The first kappa shape index (κ1) is 18.6. The Kier molecular flexibility index (Phi) is 6.15. The summed E-state index contributed by atoms with van der Waals surface area (Å²) in [6.07, 6.45) is 0. The van der Waals surface area contributed by atoms with E-state index < -0.39 is 21.7 Å². The van der Waals surface area contributed by atoms with Crippen LogP contribution < -0.4 is 0 Å². The lowest BCUT2D eigenvalue weighted by atomic mass is 10.3. The highest BCUT2D eigenvalue weighted by Crippen LogP contribution is 2.20. The van der Waals surface area contributed by atoms with Gasteiger partial charge in [-0.3, -0.25) is 4.79 Å². The van der Waals surface area contributed by atoms with Crippen molar-refractivity contribution in [3.8, 4) is 6.07 Å². The normalized spacial score (nSPS) is 16.0. The van der Waals surface area contributed by atoms with Crippen LogP contribution in [0, 0.1) is 23.0 Å². The van der Waals surface area contributed by atoms with Gasteiger partial charge in [0.25, 0.3) is 0 Å². The van der Waals surface area contributed by atoms with Crippen LogP contribution in [0.5, 0.6) is 0 Å². The highest BCUT2D eigenvalue weighted by molar-refractivity contribution is 8.00. The summed E-state index contributed by atoms with van der Waals surface area (Å²) in [4.78, 5) is 13.1. The number of amides is 1. The van der Waals surface area contributed by atoms with Crippen molar-refractivity contribution in [1.29, 1.82) is 5.26 Å². The zero-order valence-electron chi connectivity index (χ0n) is 12.6. The van der Waals surface area contributed by atoms with Crippen molar-refractivity contribution in [1.82, 2.24) is 9.21 Å². The molecule has 1 heterocycles. The fourth-order valence-corrected chi connectivity index (χ4v) is 4.22. The van der Waals surface area contributed by atoms with Crippen molar-refractivity contribution in [2.24, 2.45) is 0 Å². The Morgan fingerprint density at radius 2 is 1.88 bits per heavy atom. The number of nitriles is 1. The average Bonchev–Trinajstić information content (AvgIpc) is 2.57. The van der Waals surface area contributed by atoms with Gasteiger partial charge in [-0.25, -0.2) is 17.2 Å². The van der Waals surface area contributed by atoms with Crippen LogP contribution in [0.25, 0.3) is 0 Å². The number of rotatable bonds is 5. The van der Waals surface area contributed by atoms with Crippen LogP contribution in [-0.2, 0) is 14.8 Å². The van der Waals surface area contributed by atoms with Crippen molar-refractivity contribution < 1.29 is 22.0 Å². The van der Waals surface area contributed by atoms with E-state index in [1.165, 1.54) is 16.7 Å². The maximum absolute atomic E-state index is 13.3. The smallest absolute Gasteiger partial charge is 0.243 e. The zero-order chi connectivity index (χ0) is 17.7. The molecule has 2 rings (SSSR count). The first-order valence-corrected chi connectivity index (χ1v) is 9.63. The quantitative estimate of drug-likeness (QED) is 0.719. The molecule has 1 aliphatic rings. The number of halogens is 2. The van der Waals surface area contributed by atoms with E-state index in [2.05, 4.69) is 0 Å². The van der Waals surface area contributed by atoms with Crippen molar-refractivity contribution in [3.63, 3.8) is 0 Å². The minimum absolute atomic E-state index is 0.0794. The molecule has 0 radical (unpaired) electrons. The Hall–Kier alpha value is -1.70. The van der Waals surface area contributed by atoms with E-state index in [1.807, 2.05) is 6.07 Å². The van der Waals surface area contributed by atoms with Gasteiger partial charge in [0.2, 0.25) is 15.9 Å². The van der Waals surface area contributed by atoms with Gasteiger partial charge in [-0.1, -0.05) is 0 Å². The first-order valence-electron chi connectivity index (χ1n) is 7.04. The molecule has 130 valence electrons. The summed E-state index contributed by atoms with van der Waals surface area (Å²) in [6, 6.07) is 4.37. The highest BCUT2D eigenvalue weighted by Gasteiger charge is 2.30. The number of thioether (sulfide) groups is 1. The lowest BCUT2D eigenvalue weighted by Crippen LogP contribution is -2.51. The summed E-state index contributed by atoms with van der Waals surface area (Å²) in [5, 5.41) is 8.44. The number of piperazine rings is 1. The third-order valence-corrected chi connectivity index (χ3v) is 6.19. The van der Waals surface area contributed by atoms with Gasteiger partial charge in [-0.05, 0) is 18.2 Å². The number of sulfonamides is 1. The molecule has 0 spiro atoms. The molecule has 1 saturated heterocycles. The minimum Gasteiger partial charge on any atom is -0.339 e. The molecule has 0 bridgehead atoms. The predicted molar refractivity (Wildman–Crippen MR) is 84.6 cm³/mol. The second-order valence-electron chi connectivity index (χ2n) is 5.01. The van der Waals surface area contributed by atoms with Gasteiger partial charge < -0.3 is 4.90 Å². The van der Waals surface area contributed by atoms with Crippen LogP contribution in [0.4, 0.5) is 8.78 Å². The van der Waals surface area contributed by atoms with Crippen LogP contribution in [0.1, 0.15) is 0 Å². The number of carbonyl (C=O) groups excluding carboxylic acids is 1. The summed E-state index contributed by atoms with van der Waals surface area (Å²) in [5.74, 6) is -2.10. The second kappa shape index (κ2) is 7.92. The molecule has 1 aromatic carbocycles. The summed E-state index contributed by atoms with van der Waals surface area (Å²) < 4.78 is 52.2. The summed E-state index contributed by atoms with van der Waals surface area (Å²) in [6.45, 7) is 0.593. The molecule has 6 nitrogen and oxygen atoms in total. The van der Waals surface area contributed by atoms with Gasteiger partial charge in [-0.2, -0.15) is 9.57 Å². The molecule has 0 saturated carbocycles. The van der Waals surface area contributed by atoms with Gasteiger partial charge in [0, 0.05) is 26.2 Å². The van der Waals surface area contributed by atoms with E-state index in [-0.39, 0.29) is 48.5 Å². The van der Waals surface area contributed by atoms with E-state index >= 15 is 0 Å². The third kappa shape index (κ3) is 4.23. The SMILES string of the molecule is N#CCSCC(=O)N1CCN(S(=O)(=O)c2ccc(F)c(F)c2)CC1. The topological polar surface area (TPSA) is 81.5 Å². The van der Waals surface area contributed by atoms with Gasteiger partial charge in [-0.15, -0.1) is 11.8 Å². The molecule has 24 heavy (non-hydrogen) atoms. The summed E-state index contributed by atoms with van der Waals surface area (Å²) in [5.41, 5.74) is 0. The molecule has 10 heteroatoms. The summed E-state index contributed by atoms with van der Waals surface area (Å²) in [7, 11) is -3.93. The van der Waals surface area contributed by atoms with E-state index in [1.54, 1.807) is 0 Å². The molecule has 0 N–H and O–H groups in total. The molecule has 0 unspecified atom stereocenters. The second-order valence-corrected chi connectivity index (χ2v) is 7.94. The molecule has 0 atom stereocenters. The number of benzene rings is 1. The molecule has 1 fully saturated rings. The van der Waals surface area contributed by atoms with Crippen molar-refractivity contribution in [2.45, 2.75) is 4.90 Å². The Morgan fingerprint density at radius 3 is 2.46 bits per heavy atom. The average molecular weight is 375 g/mol. The minimum atomic E-state index is -3.93. The number of nitrogens with zero attached hydrogens (tertiary/aromatic N) is 3. The Bertz CT molecular complexity index is 757. The lowest BCUT2D eigenvalue weighted by molar-refractivity contribution is -0.129. The molecule has 1 amide bonds. The monoisotopic (exact) mass is 375 g/mol. The van der Waals surface area contributed by atoms with Gasteiger partial charge in [0.15, 0.2) is 11.6 Å². The maximum atomic E-state index is 13.3. The van der Waals surface area contributed by atoms with Gasteiger partial charge in [0.05, 0.1) is 22.5 Å². The number of hydrogen-bond donors (Lipinski definition) is 0. The number of hydrogen-bond acceptors (Lipinski definition) is 5. The fraction of sp³-hybridized carbons (Fsp3) is 0.429. The third-order valence-electron chi connectivity index (χ3n) is 3.51. The van der Waals surface area contributed by atoms with Crippen LogP contribution in [0.15, 0.2) is 23.1 Å². The zero-order valence-corrected chi connectivity index (χ0v) is 14.2. The summed E-state index contributed by atoms with van der Waals surface area (Å²) >= 11 is 1.20. The predicted octanol–water partition coefficient (Wildman–Crippen LogP) is 1.05. The highest BCUT2D eigenvalue weighted by atomic mass is 32.2. The molecular formula is C14H15F2N3O3S2. The molecular weight excluding hydrogens is 360 g/mol. The van der Waals surface area contributed by atoms with Crippen molar-refractivity contribution in [2.75, 3.05) is 37.7 Å². The van der Waals surface area contributed by atoms with Crippen LogP contribution in [0.3, 0.4) is 0 Å². The van der Waals surface area contributed by atoms with E-state index in [9.17, 15) is 22.0 Å². The molecule has 0 aromatic heterocycles.